The maximum atomic E-state index is 11.5. The molecule has 0 fully saturated rings. The number of hydroxylamine groups is 1. The number of nitrogens with zero attached hydrogens (tertiary/aromatic N) is 3. The fourth-order valence-electron chi connectivity index (χ4n) is 1.44. The van der Waals surface area contributed by atoms with E-state index in [2.05, 4.69) is 20.6 Å². The third-order valence-corrected chi connectivity index (χ3v) is 2.30. The summed E-state index contributed by atoms with van der Waals surface area (Å²) in [5.41, 5.74) is 0.781. The van der Waals surface area contributed by atoms with Crippen molar-refractivity contribution in [3.8, 4) is 0 Å². The number of hydrogen-bond donors (Lipinski definition) is 3. The first-order valence-electron chi connectivity index (χ1n) is 5.09. The van der Waals surface area contributed by atoms with Crippen molar-refractivity contribution >= 4 is 11.8 Å². The first-order chi connectivity index (χ1) is 7.70. The van der Waals surface area contributed by atoms with Gasteiger partial charge in [0.25, 0.3) is 0 Å². The molecule has 1 aliphatic heterocycles. The van der Waals surface area contributed by atoms with Crippen LogP contribution in [0.25, 0.3) is 0 Å². The highest BCUT2D eigenvalue weighted by Gasteiger charge is 2.13. The molecule has 88 valence electrons. The summed E-state index contributed by atoms with van der Waals surface area (Å²) in [6.45, 7) is 2.63. The summed E-state index contributed by atoms with van der Waals surface area (Å²) in [7, 11) is 0. The minimum Gasteiger partial charge on any atom is -0.756 e. The van der Waals surface area contributed by atoms with Gasteiger partial charge in [-0.1, -0.05) is 0 Å². The van der Waals surface area contributed by atoms with E-state index in [9.17, 15) is 5.21 Å². The fraction of sp³-hybridized carbons (Fsp3) is 0.556. The van der Waals surface area contributed by atoms with Gasteiger partial charge < -0.3 is 20.7 Å². The summed E-state index contributed by atoms with van der Waals surface area (Å²) in [5.74, 6) is 0.754. The smallest absolute Gasteiger partial charge is 0.224 e. The van der Waals surface area contributed by atoms with Crippen molar-refractivity contribution < 1.29 is 5.11 Å². The molecule has 2 rings (SSSR count). The molecule has 1 aromatic heterocycles. The van der Waals surface area contributed by atoms with Crippen LogP contribution in [0.15, 0.2) is 6.20 Å². The average Bonchev–Trinajstić information content (AvgIpc) is 2.30. The number of anilines is 2. The van der Waals surface area contributed by atoms with E-state index >= 15 is 0 Å². The number of aromatic nitrogens is 2. The Morgan fingerprint density at radius 2 is 2.56 bits per heavy atom. The number of hydrogen-bond acceptors (Lipinski definition) is 7. The second-order valence-corrected chi connectivity index (χ2v) is 3.73. The molecule has 16 heavy (non-hydrogen) atoms. The molecular formula is C9H14N5O2-. The van der Waals surface area contributed by atoms with Gasteiger partial charge in [0, 0.05) is 24.3 Å². The van der Waals surface area contributed by atoms with Gasteiger partial charge >= 0.3 is 0 Å². The molecule has 7 heteroatoms. The third kappa shape index (κ3) is 2.21. The Bertz CT molecular complexity index is 373. The zero-order valence-electron chi connectivity index (χ0n) is 8.97. The van der Waals surface area contributed by atoms with Crippen molar-refractivity contribution in [3.05, 3.63) is 17.0 Å². The molecule has 0 spiro atoms. The Labute approximate surface area is 93.1 Å². The maximum absolute atomic E-state index is 11.5. The average molecular weight is 224 g/mol. The van der Waals surface area contributed by atoms with Crippen molar-refractivity contribution in [2.45, 2.75) is 19.5 Å². The Morgan fingerprint density at radius 3 is 3.31 bits per heavy atom. The van der Waals surface area contributed by atoms with E-state index in [0.717, 1.165) is 10.6 Å². The molecule has 0 saturated heterocycles. The standard InChI is InChI=1S/C9H14N5O2/c1-6(4-15)12-9-11-3-7-2-10-5-14(16)8(7)13-9/h3,6,10,15H,2,4-5H2,1H3,(H,11,12,13)/q-1/t6-/m1/s1. The van der Waals surface area contributed by atoms with Crippen LogP contribution < -0.4 is 15.7 Å². The van der Waals surface area contributed by atoms with Crippen LogP contribution in [0.2, 0.25) is 0 Å². The van der Waals surface area contributed by atoms with Crippen LogP contribution in [0.3, 0.4) is 0 Å². The first kappa shape index (κ1) is 11.1. The summed E-state index contributed by atoms with van der Waals surface area (Å²) in [5, 5.41) is 27.0. The van der Waals surface area contributed by atoms with Crippen molar-refractivity contribution in [2.24, 2.45) is 0 Å². The Hall–Kier alpha value is -1.44. The largest absolute Gasteiger partial charge is 0.756 e. The zero-order valence-corrected chi connectivity index (χ0v) is 8.97. The lowest BCUT2D eigenvalue weighted by molar-refractivity contribution is 0.281. The van der Waals surface area contributed by atoms with Gasteiger partial charge in [0.1, 0.15) is 5.82 Å². The Balaban J connectivity index is 2.20. The van der Waals surface area contributed by atoms with Gasteiger partial charge in [-0.2, -0.15) is 4.98 Å². The number of aliphatic hydroxyl groups is 1. The molecule has 7 nitrogen and oxygen atoms in total. The van der Waals surface area contributed by atoms with Crippen molar-refractivity contribution in [1.82, 2.24) is 15.3 Å². The first-order valence-corrected chi connectivity index (χ1v) is 5.09. The van der Waals surface area contributed by atoms with Crippen molar-refractivity contribution in [2.75, 3.05) is 23.7 Å². The highest BCUT2D eigenvalue weighted by Crippen LogP contribution is 2.20. The highest BCUT2D eigenvalue weighted by molar-refractivity contribution is 5.51. The van der Waals surface area contributed by atoms with E-state index < -0.39 is 0 Å². The minimum atomic E-state index is -0.139. The lowest BCUT2D eigenvalue weighted by Gasteiger charge is -2.35. The van der Waals surface area contributed by atoms with Gasteiger partial charge in [0.15, 0.2) is 0 Å². The molecule has 3 N–H and O–H groups in total. The minimum absolute atomic E-state index is 0.0108. The predicted molar refractivity (Wildman–Crippen MR) is 59.8 cm³/mol. The summed E-state index contributed by atoms with van der Waals surface area (Å²) < 4.78 is 0. The third-order valence-electron chi connectivity index (χ3n) is 2.30. The van der Waals surface area contributed by atoms with Crippen LogP contribution in [0.4, 0.5) is 11.8 Å². The van der Waals surface area contributed by atoms with Crippen molar-refractivity contribution in [3.63, 3.8) is 0 Å². The second-order valence-electron chi connectivity index (χ2n) is 3.73. The topological polar surface area (TPSA) is 96.4 Å². The van der Waals surface area contributed by atoms with E-state index in [1.54, 1.807) is 13.1 Å². The summed E-state index contributed by atoms with van der Waals surface area (Å²) in [6, 6.07) is -0.139. The second kappa shape index (κ2) is 4.60. The van der Waals surface area contributed by atoms with E-state index in [-0.39, 0.29) is 19.3 Å². The molecule has 1 aliphatic rings. The molecule has 0 unspecified atom stereocenters. The number of rotatable bonds is 3. The summed E-state index contributed by atoms with van der Waals surface area (Å²) >= 11 is 0. The van der Waals surface area contributed by atoms with Crippen LogP contribution in [0, 0.1) is 5.21 Å². The van der Waals surface area contributed by atoms with E-state index in [4.69, 9.17) is 5.11 Å². The maximum Gasteiger partial charge on any atom is 0.224 e. The molecule has 0 bridgehead atoms. The summed E-state index contributed by atoms with van der Waals surface area (Å²) in [6.07, 6.45) is 1.62. The van der Waals surface area contributed by atoms with Gasteiger partial charge in [-0.15, -0.1) is 0 Å². The number of aliphatic hydroxyl groups excluding tert-OH is 1. The number of nitrogens with one attached hydrogen (secondary N) is 2. The monoisotopic (exact) mass is 224 g/mol. The van der Waals surface area contributed by atoms with Gasteiger partial charge in [0.05, 0.1) is 13.3 Å². The molecule has 0 saturated carbocycles. The van der Waals surface area contributed by atoms with Crippen LogP contribution in [-0.2, 0) is 6.54 Å². The molecule has 1 atom stereocenters. The number of fused-ring (bicyclic) bond motifs is 1. The van der Waals surface area contributed by atoms with E-state index in [0.29, 0.717) is 18.3 Å². The molecule has 1 aromatic rings. The quantitative estimate of drug-likeness (QED) is 0.644. The lowest BCUT2D eigenvalue weighted by Crippen LogP contribution is -2.36. The molecular weight excluding hydrogens is 210 g/mol. The molecule has 0 aromatic carbocycles. The van der Waals surface area contributed by atoms with Gasteiger partial charge in [-0.25, -0.2) is 4.98 Å². The van der Waals surface area contributed by atoms with Crippen LogP contribution in [-0.4, -0.2) is 34.4 Å². The van der Waals surface area contributed by atoms with Crippen LogP contribution in [0.5, 0.6) is 0 Å². The SMILES string of the molecule is C[C@H](CO)Nc1ncc2c(n1)N([O-])CNC2. The zero-order chi connectivity index (χ0) is 11.5. The molecule has 0 aliphatic carbocycles. The van der Waals surface area contributed by atoms with Crippen molar-refractivity contribution in [1.29, 1.82) is 0 Å². The Kier molecular flexibility index (Phi) is 3.18. The lowest BCUT2D eigenvalue weighted by atomic mass is 10.2. The Morgan fingerprint density at radius 1 is 1.75 bits per heavy atom. The van der Waals surface area contributed by atoms with Gasteiger partial charge in [0.2, 0.25) is 5.95 Å². The molecule has 0 radical (unpaired) electrons. The molecule has 0 amide bonds. The van der Waals surface area contributed by atoms with E-state index in [1.807, 2.05) is 0 Å². The fourth-order valence-corrected chi connectivity index (χ4v) is 1.44. The van der Waals surface area contributed by atoms with Gasteiger partial charge in [-0.05, 0) is 6.92 Å². The highest BCUT2D eigenvalue weighted by atomic mass is 16.5. The van der Waals surface area contributed by atoms with Crippen LogP contribution in [0.1, 0.15) is 12.5 Å². The van der Waals surface area contributed by atoms with Crippen LogP contribution >= 0.6 is 0 Å². The molecule has 2 heterocycles. The summed E-state index contributed by atoms with van der Waals surface area (Å²) in [4.78, 5) is 8.20. The normalized spacial score (nSPS) is 16.8. The van der Waals surface area contributed by atoms with E-state index in [1.165, 1.54) is 0 Å². The van der Waals surface area contributed by atoms with Gasteiger partial charge in [-0.3, -0.25) is 5.32 Å². The predicted octanol–water partition coefficient (Wildman–Crippen LogP) is -0.366.